The van der Waals surface area contributed by atoms with Crippen molar-refractivity contribution >= 4 is 28.7 Å². The monoisotopic (exact) mass is 497 g/mol. The van der Waals surface area contributed by atoms with Crippen molar-refractivity contribution in [1.82, 2.24) is 0 Å². The molecule has 4 rings (SSSR count). The molecule has 0 saturated heterocycles. The van der Waals surface area contributed by atoms with E-state index in [4.69, 9.17) is 19.7 Å². The molecule has 186 valence electrons. The number of aliphatic hydroxyl groups is 1. The number of nitrogens with one attached hydrogen (secondary N) is 1. The van der Waals surface area contributed by atoms with Gasteiger partial charge in [0.25, 0.3) is 0 Å². The summed E-state index contributed by atoms with van der Waals surface area (Å²) in [6.07, 6.45) is -5.01. The lowest BCUT2D eigenvalue weighted by Gasteiger charge is -2.44. The molecule has 0 radical (unpaired) electrons. The number of esters is 3. The first-order valence-corrected chi connectivity index (χ1v) is 10.7. The zero-order valence-corrected chi connectivity index (χ0v) is 19.6. The zero-order chi connectivity index (χ0) is 26.7. The lowest BCUT2D eigenvalue weighted by molar-refractivity contribution is -0.224. The minimum Gasteiger partial charge on any atom is -0.507 e. The predicted octanol–water partition coefficient (Wildman–Crippen LogP) is -0.0893. The third kappa shape index (κ3) is 3.46. The van der Waals surface area contributed by atoms with Gasteiger partial charge in [0.2, 0.25) is 5.43 Å². The average Bonchev–Trinajstić information content (AvgIpc) is 3.12. The van der Waals surface area contributed by atoms with Crippen molar-refractivity contribution in [2.45, 2.75) is 51.6 Å². The van der Waals surface area contributed by atoms with Crippen LogP contribution < -0.4 is 16.2 Å². The van der Waals surface area contributed by atoms with Gasteiger partial charge in [-0.1, -0.05) is 12.1 Å². The standard InChI is InChI=1S/C24H20N2O10/c1-8(27)34-21-15-14-16(20(32)13-11(19(14)31)6-5-7-12(13)30)18(26-25)17(15)22(35-9(2)28)24(4,33)23(21)36-10(3)29/h5-7,21-23,25,33H,1-4H3/p+1/t21-,22+,23+,24+/m0/s1. The number of hydrogen-bond donors (Lipinski definition) is 3. The Hall–Kier alpha value is -4.41. The van der Waals surface area contributed by atoms with E-state index < -0.39 is 69.0 Å². The number of hydrogen-bond acceptors (Lipinski definition) is 11. The second-order valence-corrected chi connectivity index (χ2v) is 8.67. The van der Waals surface area contributed by atoms with Crippen LogP contribution in [0.3, 0.4) is 0 Å². The van der Waals surface area contributed by atoms with Gasteiger partial charge in [-0.25, -0.2) is 0 Å². The summed E-state index contributed by atoms with van der Waals surface area (Å²) in [4.78, 5) is 66.7. The minimum atomic E-state index is -2.26. The molecule has 0 bridgehead atoms. The maximum atomic E-state index is 13.7. The van der Waals surface area contributed by atoms with Crippen molar-refractivity contribution in [1.29, 1.82) is 5.53 Å². The Morgan fingerprint density at radius 2 is 1.56 bits per heavy atom. The molecule has 0 heterocycles. The molecule has 3 aliphatic rings. The van der Waals surface area contributed by atoms with Gasteiger partial charge in [0.15, 0.2) is 23.7 Å². The molecule has 0 amide bonds. The molecule has 0 spiro atoms. The summed E-state index contributed by atoms with van der Waals surface area (Å²) in [5, 5.41) is 20.2. The number of fused-ring (bicyclic) bond motifs is 3. The highest BCUT2D eigenvalue weighted by Crippen LogP contribution is 2.47. The number of rotatable bonds is 3. The Balaban J connectivity index is 2.34. The van der Waals surface area contributed by atoms with Gasteiger partial charge in [0.1, 0.15) is 16.6 Å². The Morgan fingerprint density at radius 3 is 2.11 bits per heavy atom. The zero-order valence-electron chi connectivity index (χ0n) is 19.6. The summed E-state index contributed by atoms with van der Waals surface area (Å²) in [6, 6.07) is 3.87. The van der Waals surface area contributed by atoms with Crippen LogP contribution in [0, 0.1) is 16.0 Å². The smallest absolute Gasteiger partial charge is 0.384 e. The van der Waals surface area contributed by atoms with E-state index >= 15 is 0 Å². The molecular weight excluding hydrogens is 476 g/mol. The van der Waals surface area contributed by atoms with Crippen LogP contribution in [0.5, 0.6) is 5.75 Å². The highest BCUT2D eigenvalue weighted by molar-refractivity contribution is 5.88. The number of ether oxygens (including phenoxy) is 3. The molecule has 0 saturated carbocycles. The molecule has 3 N–H and O–H groups in total. The maximum absolute atomic E-state index is 13.7. The summed E-state index contributed by atoms with van der Waals surface area (Å²) in [6.45, 7) is 4.27. The van der Waals surface area contributed by atoms with Gasteiger partial charge in [-0.3, -0.25) is 24.0 Å². The Kier molecular flexibility index (Phi) is 5.74. The SMILES string of the molecule is CC(=O)O[C@@H]1c2c(c3c(=O)c4cccc(O)c4c(=O)c=3c2=[N+]=N)[C@H](OC(C)=O)[C@@H](OC(C)=O)[C@]1(C)O. The first-order chi connectivity index (χ1) is 16.8. The van der Waals surface area contributed by atoms with E-state index in [0.29, 0.717) is 0 Å². The van der Waals surface area contributed by atoms with Crippen LogP contribution in [-0.2, 0) is 28.6 Å². The largest absolute Gasteiger partial charge is 0.507 e. The second-order valence-electron chi connectivity index (χ2n) is 8.67. The van der Waals surface area contributed by atoms with Crippen LogP contribution in [0.4, 0.5) is 0 Å². The van der Waals surface area contributed by atoms with Crippen molar-refractivity contribution in [2.24, 2.45) is 0 Å². The Morgan fingerprint density at radius 1 is 0.944 bits per heavy atom. The average molecular weight is 497 g/mol. The number of nitrogens with zero attached hydrogens (tertiary/aromatic N) is 1. The summed E-state index contributed by atoms with van der Waals surface area (Å²) < 4.78 is 16.1. The van der Waals surface area contributed by atoms with Crippen molar-refractivity contribution < 1.29 is 43.6 Å². The van der Waals surface area contributed by atoms with Gasteiger partial charge in [0, 0.05) is 36.9 Å². The molecule has 3 aliphatic carbocycles. The Bertz CT molecular complexity index is 1710. The van der Waals surface area contributed by atoms with Crippen LogP contribution in [0.1, 0.15) is 51.0 Å². The number of aromatic hydroxyl groups is 1. The normalized spacial score (nSPS) is 23.1. The third-order valence-corrected chi connectivity index (χ3v) is 6.18. The minimum absolute atomic E-state index is 0.163. The summed E-state index contributed by atoms with van der Waals surface area (Å²) >= 11 is 0. The van der Waals surface area contributed by atoms with E-state index in [-0.39, 0.29) is 27.1 Å². The van der Waals surface area contributed by atoms with Crippen LogP contribution in [0.2, 0.25) is 0 Å². The van der Waals surface area contributed by atoms with E-state index in [9.17, 15) is 34.2 Å². The third-order valence-electron chi connectivity index (χ3n) is 6.18. The molecule has 12 heteroatoms. The fraction of sp³-hybridized carbons (Fsp3) is 0.333. The highest BCUT2D eigenvalue weighted by Gasteiger charge is 2.59. The van der Waals surface area contributed by atoms with Crippen LogP contribution >= 0.6 is 0 Å². The summed E-state index contributed by atoms with van der Waals surface area (Å²) in [5.74, 6) is -3.13. The van der Waals surface area contributed by atoms with Gasteiger partial charge in [-0.2, -0.15) is 0 Å². The molecule has 0 unspecified atom stereocenters. The fourth-order valence-corrected chi connectivity index (χ4v) is 4.91. The topological polar surface area (TPSA) is 191 Å². The maximum Gasteiger partial charge on any atom is 0.384 e. The van der Waals surface area contributed by atoms with E-state index in [2.05, 4.69) is 4.79 Å². The van der Waals surface area contributed by atoms with Crippen molar-refractivity contribution in [2.75, 3.05) is 0 Å². The second kappa shape index (κ2) is 8.36. The molecule has 1 aromatic carbocycles. The lowest BCUT2D eigenvalue weighted by Crippen LogP contribution is -2.56. The fourth-order valence-electron chi connectivity index (χ4n) is 4.91. The quantitative estimate of drug-likeness (QED) is 0.191. The number of benzene rings is 1. The molecule has 4 atom stereocenters. The van der Waals surface area contributed by atoms with E-state index in [1.54, 1.807) is 0 Å². The first-order valence-electron chi connectivity index (χ1n) is 10.7. The molecule has 0 fully saturated rings. The van der Waals surface area contributed by atoms with Crippen LogP contribution in [-0.4, -0.2) is 44.6 Å². The van der Waals surface area contributed by atoms with Crippen molar-refractivity contribution in [3.8, 4) is 5.75 Å². The van der Waals surface area contributed by atoms with Crippen LogP contribution in [0.25, 0.3) is 10.8 Å². The lowest BCUT2D eigenvalue weighted by atomic mass is 9.75. The highest BCUT2D eigenvalue weighted by atomic mass is 16.6. The van der Waals surface area contributed by atoms with Gasteiger partial charge < -0.3 is 24.4 Å². The van der Waals surface area contributed by atoms with Crippen molar-refractivity contribution in [3.05, 3.63) is 65.6 Å². The molecule has 36 heavy (non-hydrogen) atoms. The number of carbonyl (C=O) groups excluding carboxylic acids is 3. The number of phenolic OH excluding ortho intramolecular Hbond substituents is 1. The summed E-state index contributed by atoms with van der Waals surface area (Å²) in [5.41, 5.74) is 3.48. The van der Waals surface area contributed by atoms with Crippen molar-refractivity contribution in [3.63, 3.8) is 0 Å². The van der Waals surface area contributed by atoms with E-state index in [1.165, 1.54) is 18.2 Å². The van der Waals surface area contributed by atoms with Gasteiger partial charge >= 0.3 is 23.3 Å². The van der Waals surface area contributed by atoms with Gasteiger partial charge in [0.05, 0.1) is 21.3 Å². The molecule has 0 aliphatic heterocycles. The number of phenols is 1. The van der Waals surface area contributed by atoms with Gasteiger partial charge in [-0.15, -0.1) is 0 Å². The molecule has 0 aromatic heterocycles. The molecule has 12 nitrogen and oxygen atoms in total. The molecule has 1 aromatic rings. The number of carbonyl (C=O) groups is 3. The molecular formula is C24H21N2O10+. The van der Waals surface area contributed by atoms with Gasteiger partial charge in [-0.05, 0) is 13.0 Å². The van der Waals surface area contributed by atoms with E-state index in [1.807, 2.05) is 0 Å². The van der Waals surface area contributed by atoms with Crippen LogP contribution in [0.15, 0.2) is 27.8 Å². The summed E-state index contributed by atoms with van der Waals surface area (Å²) in [7, 11) is 0. The predicted molar refractivity (Wildman–Crippen MR) is 117 cm³/mol. The Labute approximate surface area is 201 Å². The first kappa shape index (κ1) is 24.7. The van der Waals surface area contributed by atoms with E-state index in [0.717, 1.165) is 27.7 Å².